The molecule has 3 nitrogen and oxygen atoms in total. The molecule has 0 spiro atoms. The van der Waals surface area contributed by atoms with E-state index in [4.69, 9.17) is 16.3 Å². The second kappa shape index (κ2) is 7.73. The van der Waals surface area contributed by atoms with Crippen LogP contribution in [0.2, 0.25) is 5.02 Å². The molecular weight excluding hydrogens is 260 g/mol. The van der Waals surface area contributed by atoms with Gasteiger partial charge >= 0.3 is 0 Å². The van der Waals surface area contributed by atoms with Crippen molar-refractivity contribution in [2.45, 2.75) is 25.8 Å². The van der Waals surface area contributed by atoms with Crippen LogP contribution < -0.4 is 10.1 Å². The van der Waals surface area contributed by atoms with Crippen molar-refractivity contribution in [3.8, 4) is 5.75 Å². The second-order valence-corrected chi connectivity index (χ2v) is 5.43. The maximum absolute atomic E-state index is 5.93. The lowest BCUT2D eigenvalue weighted by molar-refractivity contribution is 0.203. The fourth-order valence-electron chi connectivity index (χ4n) is 2.45. The molecule has 1 atom stereocenters. The normalized spacial score (nSPS) is 19.0. The molecule has 0 amide bonds. The van der Waals surface area contributed by atoms with Crippen LogP contribution in [-0.4, -0.2) is 43.7 Å². The predicted octanol–water partition coefficient (Wildman–Crippen LogP) is 2.79. The third-order valence-electron chi connectivity index (χ3n) is 3.56. The van der Waals surface area contributed by atoms with Crippen LogP contribution in [0.1, 0.15) is 19.8 Å². The lowest BCUT2D eigenvalue weighted by Gasteiger charge is -2.24. The molecule has 4 heteroatoms. The Kier molecular flexibility index (Phi) is 5.95. The highest BCUT2D eigenvalue weighted by molar-refractivity contribution is 6.30. The number of hydrogen-bond acceptors (Lipinski definition) is 3. The Labute approximate surface area is 120 Å². The summed E-state index contributed by atoms with van der Waals surface area (Å²) in [5.41, 5.74) is 0. The van der Waals surface area contributed by atoms with E-state index in [0.717, 1.165) is 30.4 Å². The molecule has 0 aliphatic carbocycles. The highest BCUT2D eigenvalue weighted by Gasteiger charge is 2.16. The minimum absolute atomic E-state index is 0.658. The third kappa shape index (κ3) is 5.01. The van der Waals surface area contributed by atoms with Crippen molar-refractivity contribution in [1.29, 1.82) is 0 Å². The number of benzene rings is 1. The Morgan fingerprint density at radius 2 is 2.37 bits per heavy atom. The molecule has 1 heterocycles. The summed E-state index contributed by atoms with van der Waals surface area (Å²) in [6.07, 6.45) is 2.60. The van der Waals surface area contributed by atoms with Crippen LogP contribution in [0.25, 0.3) is 0 Å². The van der Waals surface area contributed by atoms with Gasteiger partial charge in [-0.15, -0.1) is 0 Å². The summed E-state index contributed by atoms with van der Waals surface area (Å²) in [4.78, 5) is 2.44. The average Bonchev–Trinajstić information content (AvgIpc) is 2.90. The van der Waals surface area contributed by atoms with Crippen molar-refractivity contribution >= 4 is 11.6 Å². The fourth-order valence-corrected chi connectivity index (χ4v) is 2.63. The Hall–Kier alpha value is -0.770. The summed E-state index contributed by atoms with van der Waals surface area (Å²) >= 11 is 5.93. The first kappa shape index (κ1) is 14.6. The minimum atomic E-state index is 0.658. The van der Waals surface area contributed by atoms with Crippen molar-refractivity contribution in [2.75, 3.05) is 32.8 Å². The molecule has 1 N–H and O–H groups in total. The topological polar surface area (TPSA) is 24.5 Å². The quantitative estimate of drug-likeness (QED) is 0.832. The molecule has 1 saturated heterocycles. The van der Waals surface area contributed by atoms with Crippen LogP contribution in [0.15, 0.2) is 24.3 Å². The molecule has 0 saturated carbocycles. The van der Waals surface area contributed by atoms with Crippen LogP contribution in [0.5, 0.6) is 5.75 Å². The van der Waals surface area contributed by atoms with Crippen molar-refractivity contribution < 1.29 is 4.74 Å². The smallest absolute Gasteiger partial charge is 0.120 e. The van der Waals surface area contributed by atoms with Crippen molar-refractivity contribution in [2.24, 2.45) is 0 Å². The number of likely N-dealkylation sites (N-methyl/N-ethyl adjacent to an activating group) is 1. The number of halogens is 1. The molecule has 19 heavy (non-hydrogen) atoms. The van der Waals surface area contributed by atoms with E-state index in [-0.39, 0.29) is 0 Å². The van der Waals surface area contributed by atoms with E-state index in [0.29, 0.717) is 12.6 Å². The van der Waals surface area contributed by atoms with Gasteiger partial charge in [-0.2, -0.15) is 0 Å². The van der Waals surface area contributed by atoms with Crippen LogP contribution in [0.4, 0.5) is 0 Å². The van der Waals surface area contributed by atoms with Gasteiger partial charge in [-0.05, 0) is 44.1 Å². The van der Waals surface area contributed by atoms with E-state index >= 15 is 0 Å². The Morgan fingerprint density at radius 3 is 3.05 bits per heavy atom. The maximum atomic E-state index is 5.93. The monoisotopic (exact) mass is 282 g/mol. The zero-order chi connectivity index (χ0) is 13.5. The fraction of sp³-hybridized carbons (Fsp3) is 0.600. The minimum Gasteiger partial charge on any atom is -0.492 e. The number of ether oxygens (including phenoxy) is 1. The highest BCUT2D eigenvalue weighted by Crippen LogP contribution is 2.17. The van der Waals surface area contributed by atoms with Gasteiger partial charge in [-0.3, -0.25) is 4.90 Å². The first-order valence-corrected chi connectivity index (χ1v) is 7.50. The van der Waals surface area contributed by atoms with E-state index in [2.05, 4.69) is 17.1 Å². The van der Waals surface area contributed by atoms with Crippen LogP contribution >= 0.6 is 11.6 Å². The zero-order valence-electron chi connectivity index (χ0n) is 11.6. The SMILES string of the molecule is CCN(CCOc1cccc(Cl)c1)CC1CCCN1. The van der Waals surface area contributed by atoms with Gasteiger partial charge < -0.3 is 10.1 Å². The van der Waals surface area contributed by atoms with E-state index in [1.165, 1.54) is 19.4 Å². The molecule has 0 bridgehead atoms. The van der Waals surface area contributed by atoms with E-state index in [1.54, 1.807) is 0 Å². The molecule has 1 fully saturated rings. The number of nitrogens with one attached hydrogen (secondary N) is 1. The van der Waals surface area contributed by atoms with Gasteiger partial charge in [-0.1, -0.05) is 24.6 Å². The van der Waals surface area contributed by atoms with E-state index in [1.807, 2.05) is 24.3 Å². The summed E-state index contributed by atoms with van der Waals surface area (Å²) in [5, 5.41) is 4.26. The molecule has 1 unspecified atom stereocenters. The molecular formula is C15H23ClN2O. The standard InChI is InChI=1S/C15H23ClN2O/c1-2-18(12-14-6-4-8-17-14)9-10-19-15-7-3-5-13(16)11-15/h3,5,7,11,14,17H,2,4,6,8-10,12H2,1H3. The molecule has 106 valence electrons. The lowest BCUT2D eigenvalue weighted by atomic mass is 10.2. The lowest BCUT2D eigenvalue weighted by Crippen LogP contribution is -2.39. The largest absolute Gasteiger partial charge is 0.492 e. The Morgan fingerprint density at radius 1 is 1.47 bits per heavy atom. The van der Waals surface area contributed by atoms with Gasteiger partial charge in [0.15, 0.2) is 0 Å². The number of rotatable bonds is 7. The van der Waals surface area contributed by atoms with Gasteiger partial charge in [0.1, 0.15) is 12.4 Å². The first-order chi connectivity index (χ1) is 9.28. The van der Waals surface area contributed by atoms with Crippen molar-refractivity contribution in [3.05, 3.63) is 29.3 Å². The van der Waals surface area contributed by atoms with E-state index in [9.17, 15) is 0 Å². The van der Waals surface area contributed by atoms with Crippen LogP contribution in [-0.2, 0) is 0 Å². The van der Waals surface area contributed by atoms with Crippen LogP contribution in [0, 0.1) is 0 Å². The van der Waals surface area contributed by atoms with E-state index < -0.39 is 0 Å². The summed E-state index contributed by atoms with van der Waals surface area (Å²) in [6.45, 7) is 7.23. The van der Waals surface area contributed by atoms with Gasteiger partial charge in [0.25, 0.3) is 0 Å². The molecule has 1 aromatic rings. The molecule has 1 aliphatic heterocycles. The summed E-state index contributed by atoms with van der Waals surface area (Å²) in [7, 11) is 0. The summed E-state index contributed by atoms with van der Waals surface area (Å²) in [6, 6.07) is 8.24. The average molecular weight is 283 g/mol. The Bertz CT molecular complexity index is 380. The first-order valence-electron chi connectivity index (χ1n) is 7.12. The summed E-state index contributed by atoms with van der Waals surface area (Å²) < 4.78 is 5.74. The molecule has 1 aliphatic rings. The Balaban J connectivity index is 1.70. The zero-order valence-corrected chi connectivity index (χ0v) is 12.3. The highest BCUT2D eigenvalue weighted by atomic mass is 35.5. The van der Waals surface area contributed by atoms with Gasteiger partial charge in [0.2, 0.25) is 0 Å². The number of nitrogens with zero attached hydrogens (tertiary/aromatic N) is 1. The molecule has 0 aromatic heterocycles. The maximum Gasteiger partial charge on any atom is 0.120 e. The van der Waals surface area contributed by atoms with Gasteiger partial charge in [-0.25, -0.2) is 0 Å². The summed E-state index contributed by atoms with van der Waals surface area (Å²) in [5.74, 6) is 0.850. The predicted molar refractivity (Wildman–Crippen MR) is 80.1 cm³/mol. The second-order valence-electron chi connectivity index (χ2n) is 4.99. The number of hydrogen-bond donors (Lipinski definition) is 1. The van der Waals surface area contributed by atoms with Gasteiger partial charge in [0, 0.05) is 24.2 Å². The molecule has 1 aromatic carbocycles. The van der Waals surface area contributed by atoms with Gasteiger partial charge in [0.05, 0.1) is 0 Å². The molecule has 0 radical (unpaired) electrons. The van der Waals surface area contributed by atoms with Crippen LogP contribution in [0.3, 0.4) is 0 Å². The third-order valence-corrected chi connectivity index (χ3v) is 3.80. The van der Waals surface area contributed by atoms with Crippen molar-refractivity contribution in [1.82, 2.24) is 10.2 Å². The molecule has 2 rings (SSSR count). The van der Waals surface area contributed by atoms with Crippen molar-refractivity contribution in [3.63, 3.8) is 0 Å².